The van der Waals surface area contributed by atoms with E-state index in [1.54, 1.807) is 11.8 Å². The zero-order valence-electron chi connectivity index (χ0n) is 19.1. The summed E-state index contributed by atoms with van der Waals surface area (Å²) in [7, 11) is 0. The largest absolute Gasteiger partial charge is 0.486 e. The van der Waals surface area contributed by atoms with Crippen LogP contribution in [0.4, 0.5) is 0 Å². The van der Waals surface area contributed by atoms with Crippen LogP contribution < -0.4 is 4.74 Å². The van der Waals surface area contributed by atoms with Crippen molar-refractivity contribution in [1.29, 1.82) is 0 Å². The molecule has 4 nitrogen and oxygen atoms in total. The van der Waals surface area contributed by atoms with Crippen molar-refractivity contribution < 1.29 is 4.74 Å². The van der Waals surface area contributed by atoms with Gasteiger partial charge >= 0.3 is 0 Å². The third-order valence-corrected chi connectivity index (χ3v) is 7.70. The van der Waals surface area contributed by atoms with Gasteiger partial charge in [0.15, 0.2) is 11.0 Å². The highest BCUT2D eigenvalue weighted by molar-refractivity contribution is 7.98. The van der Waals surface area contributed by atoms with E-state index >= 15 is 0 Å². The second kappa shape index (κ2) is 11.1. The van der Waals surface area contributed by atoms with E-state index in [1.807, 2.05) is 42.5 Å². The molecule has 0 radical (unpaired) electrons. The first-order chi connectivity index (χ1) is 16.8. The third-order valence-electron chi connectivity index (χ3n) is 6.35. The first kappa shape index (κ1) is 23.0. The molecule has 174 valence electrons. The SMILES string of the molecule is Clc1ccccc1CSc1nnc(COc2ccc(C3CCCCC3)cc2)n1-c1ccccc1. The summed E-state index contributed by atoms with van der Waals surface area (Å²) < 4.78 is 8.21. The summed E-state index contributed by atoms with van der Waals surface area (Å²) in [6, 6.07) is 26.7. The van der Waals surface area contributed by atoms with Crippen LogP contribution in [0.1, 0.15) is 55.0 Å². The number of aromatic nitrogens is 3. The molecule has 0 bridgehead atoms. The van der Waals surface area contributed by atoms with Gasteiger partial charge in [-0.15, -0.1) is 10.2 Å². The van der Waals surface area contributed by atoms with Gasteiger partial charge in [-0.1, -0.05) is 91.2 Å². The molecule has 0 spiro atoms. The summed E-state index contributed by atoms with van der Waals surface area (Å²) in [4.78, 5) is 0. The Morgan fingerprint density at radius 1 is 0.853 bits per heavy atom. The van der Waals surface area contributed by atoms with Crippen molar-refractivity contribution in [2.75, 3.05) is 0 Å². The zero-order chi connectivity index (χ0) is 23.2. The molecular formula is C28H28ClN3OS. The molecule has 0 atom stereocenters. The molecule has 0 saturated heterocycles. The number of halogens is 1. The maximum atomic E-state index is 6.35. The van der Waals surface area contributed by atoms with Gasteiger partial charge in [0, 0.05) is 16.5 Å². The molecule has 3 aromatic carbocycles. The summed E-state index contributed by atoms with van der Waals surface area (Å²) in [6.45, 7) is 0.345. The van der Waals surface area contributed by atoms with Crippen LogP contribution in [0.2, 0.25) is 5.02 Å². The summed E-state index contributed by atoms with van der Waals surface area (Å²) in [5.74, 6) is 3.03. The highest BCUT2D eigenvalue weighted by atomic mass is 35.5. The Kier molecular flexibility index (Phi) is 7.52. The van der Waals surface area contributed by atoms with Crippen molar-refractivity contribution in [2.24, 2.45) is 0 Å². The molecule has 4 aromatic rings. The lowest BCUT2D eigenvalue weighted by molar-refractivity contribution is 0.292. The molecule has 0 unspecified atom stereocenters. The summed E-state index contributed by atoms with van der Waals surface area (Å²) in [5, 5.41) is 10.5. The van der Waals surface area contributed by atoms with Gasteiger partial charge in [-0.25, -0.2) is 0 Å². The van der Waals surface area contributed by atoms with E-state index in [1.165, 1.54) is 37.7 Å². The number of hydrogen-bond acceptors (Lipinski definition) is 4. The standard InChI is InChI=1S/C28H28ClN3OS/c29-26-14-8-7-11-23(26)20-34-28-31-30-27(32(28)24-12-5-2-6-13-24)19-33-25-17-15-22(16-18-25)21-9-3-1-4-10-21/h2,5-8,11-18,21H,1,3-4,9-10,19-20H2. The average Bonchev–Trinajstić information content (AvgIpc) is 3.31. The molecule has 0 aliphatic heterocycles. The monoisotopic (exact) mass is 489 g/mol. The zero-order valence-corrected chi connectivity index (χ0v) is 20.6. The fourth-order valence-electron chi connectivity index (χ4n) is 4.50. The van der Waals surface area contributed by atoms with Crippen molar-refractivity contribution in [3.05, 3.63) is 101 Å². The fourth-order valence-corrected chi connectivity index (χ4v) is 5.76. The molecule has 5 rings (SSSR count). The molecular weight excluding hydrogens is 462 g/mol. The molecule has 0 amide bonds. The van der Waals surface area contributed by atoms with Crippen LogP contribution in [-0.2, 0) is 12.4 Å². The molecule has 1 aromatic heterocycles. The first-order valence-corrected chi connectivity index (χ1v) is 13.2. The highest BCUT2D eigenvalue weighted by Gasteiger charge is 2.17. The van der Waals surface area contributed by atoms with Crippen LogP contribution in [0, 0.1) is 0 Å². The molecule has 1 aliphatic rings. The minimum atomic E-state index is 0.345. The number of hydrogen-bond donors (Lipinski definition) is 0. The molecule has 1 heterocycles. The predicted octanol–water partition coefficient (Wildman–Crippen LogP) is 7.84. The van der Waals surface area contributed by atoms with Gasteiger partial charge in [-0.2, -0.15) is 0 Å². The van der Waals surface area contributed by atoms with Crippen LogP contribution in [0.5, 0.6) is 5.75 Å². The Morgan fingerprint density at radius 3 is 2.35 bits per heavy atom. The van der Waals surface area contributed by atoms with Gasteiger partial charge in [-0.3, -0.25) is 4.57 Å². The van der Waals surface area contributed by atoms with E-state index in [0.717, 1.165) is 33.0 Å². The normalized spacial score (nSPS) is 14.3. The number of para-hydroxylation sites is 1. The minimum absolute atomic E-state index is 0.345. The van der Waals surface area contributed by atoms with E-state index in [2.05, 4.69) is 51.2 Å². The Hall–Kier alpha value is -2.76. The Balaban J connectivity index is 1.31. The number of nitrogens with zero attached hydrogens (tertiary/aromatic N) is 3. The number of benzene rings is 3. The minimum Gasteiger partial charge on any atom is -0.486 e. The number of ether oxygens (including phenoxy) is 1. The second-order valence-corrected chi connectivity index (χ2v) is 9.99. The smallest absolute Gasteiger partial charge is 0.196 e. The Labute approximate surface area is 210 Å². The Bertz CT molecular complexity index is 1200. The molecule has 0 N–H and O–H groups in total. The maximum Gasteiger partial charge on any atom is 0.196 e. The lowest BCUT2D eigenvalue weighted by Gasteiger charge is -2.22. The lowest BCUT2D eigenvalue weighted by atomic mass is 9.84. The van der Waals surface area contributed by atoms with Gasteiger partial charge in [-0.05, 0) is 60.2 Å². The third kappa shape index (κ3) is 5.48. The molecule has 1 fully saturated rings. The highest BCUT2D eigenvalue weighted by Crippen LogP contribution is 2.33. The van der Waals surface area contributed by atoms with Crippen LogP contribution in [0.25, 0.3) is 5.69 Å². The van der Waals surface area contributed by atoms with Gasteiger partial charge in [0.2, 0.25) is 0 Å². The van der Waals surface area contributed by atoms with Gasteiger partial charge < -0.3 is 4.74 Å². The first-order valence-electron chi connectivity index (χ1n) is 11.9. The molecule has 34 heavy (non-hydrogen) atoms. The van der Waals surface area contributed by atoms with Crippen molar-refractivity contribution >= 4 is 23.4 Å². The van der Waals surface area contributed by atoms with E-state index in [0.29, 0.717) is 18.3 Å². The van der Waals surface area contributed by atoms with Crippen LogP contribution in [0.3, 0.4) is 0 Å². The van der Waals surface area contributed by atoms with E-state index in [4.69, 9.17) is 16.3 Å². The van der Waals surface area contributed by atoms with Gasteiger partial charge in [0.1, 0.15) is 12.4 Å². The summed E-state index contributed by atoms with van der Waals surface area (Å²) in [6.07, 6.45) is 6.66. The summed E-state index contributed by atoms with van der Waals surface area (Å²) in [5.41, 5.74) is 3.52. The Morgan fingerprint density at radius 2 is 1.59 bits per heavy atom. The van der Waals surface area contributed by atoms with Gasteiger partial charge in [0.25, 0.3) is 0 Å². The van der Waals surface area contributed by atoms with E-state index in [-0.39, 0.29) is 0 Å². The quantitative estimate of drug-likeness (QED) is 0.236. The van der Waals surface area contributed by atoms with E-state index in [9.17, 15) is 0 Å². The number of rotatable bonds is 8. The van der Waals surface area contributed by atoms with Crippen LogP contribution >= 0.6 is 23.4 Å². The maximum absolute atomic E-state index is 6.35. The van der Waals surface area contributed by atoms with E-state index < -0.39 is 0 Å². The summed E-state index contributed by atoms with van der Waals surface area (Å²) >= 11 is 7.97. The van der Waals surface area contributed by atoms with Crippen molar-refractivity contribution in [3.63, 3.8) is 0 Å². The van der Waals surface area contributed by atoms with Crippen LogP contribution in [0.15, 0.2) is 84.0 Å². The van der Waals surface area contributed by atoms with Crippen LogP contribution in [-0.4, -0.2) is 14.8 Å². The predicted molar refractivity (Wildman–Crippen MR) is 139 cm³/mol. The van der Waals surface area contributed by atoms with Crippen molar-refractivity contribution in [3.8, 4) is 11.4 Å². The topological polar surface area (TPSA) is 39.9 Å². The fraction of sp³-hybridized carbons (Fsp3) is 0.286. The molecule has 1 saturated carbocycles. The second-order valence-electron chi connectivity index (χ2n) is 8.64. The average molecular weight is 490 g/mol. The number of thioether (sulfide) groups is 1. The van der Waals surface area contributed by atoms with Gasteiger partial charge in [0.05, 0.1) is 0 Å². The van der Waals surface area contributed by atoms with Crippen molar-refractivity contribution in [1.82, 2.24) is 14.8 Å². The molecule has 1 aliphatic carbocycles. The van der Waals surface area contributed by atoms with Crippen molar-refractivity contribution in [2.45, 2.75) is 55.5 Å². The molecule has 6 heteroatoms. The lowest BCUT2D eigenvalue weighted by Crippen LogP contribution is -2.07.